The van der Waals surface area contributed by atoms with Gasteiger partial charge in [-0.15, -0.1) is 0 Å². The number of benzene rings is 1. The van der Waals surface area contributed by atoms with E-state index in [1.807, 2.05) is 35.2 Å². The number of ether oxygens (including phenoxy) is 1. The molecule has 150 valence electrons. The monoisotopic (exact) mass is 392 g/mol. The topological polar surface area (TPSA) is 89.4 Å². The fourth-order valence-corrected chi connectivity index (χ4v) is 4.06. The van der Waals surface area contributed by atoms with Gasteiger partial charge in [-0.2, -0.15) is 5.26 Å². The molecule has 3 heterocycles. The molecule has 0 saturated carbocycles. The number of aromatic nitrogens is 1. The van der Waals surface area contributed by atoms with Gasteiger partial charge in [0.05, 0.1) is 19.8 Å². The number of rotatable bonds is 4. The van der Waals surface area contributed by atoms with Crippen LogP contribution in [0.5, 0.6) is 0 Å². The molecule has 0 aliphatic carbocycles. The fourth-order valence-electron chi connectivity index (χ4n) is 4.06. The Morgan fingerprint density at radius 3 is 2.62 bits per heavy atom. The second-order valence-electron chi connectivity index (χ2n) is 7.49. The Labute approximate surface area is 169 Å². The highest BCUT2D eigenvalue weighted by molar-refractivity contribution is 5.78. The maximum absolute atomic E-state index is 12.9. The number of nitrogens with one attached hydrogen (secondary N) is 1. The quantitative estimate of drug-likeness (QED) is 0.840. The molecular weight excluding hydrogens is 368 g/mol. The second-order valence-corrected chi connectivity index (χ2v) is 7.49. The van der Waals surface area contributed by atoms with Crippen LogP contribution >= 0.6 is 0 Å². The summed E-state index contributed by atoms with van der Waals surface area (Å²) in [7, 11) is 0. The van der Waals surface area contributed by atoms with E-state index in [0.29, 0.717) is 45.7 Å². The number of amides is 1. The molecule has 1 amide bonds. The lowest BCUT2D eigenvalue weighted by Crippen LogP contribution is -2.46. The van der Waals surface area contributed by atoms with Crippen LogP contribution in [-0.4, -0.2) is 60.1 Å². The lowest BCUT2D eigenvalue weighted by Gasteiger charge is -2.33. The number of aromatic amines is 1. The maximum atomic E-state index is 12.9. The Morgan fingerprint density at radius 2 is 1.90 bits per heavy atom. The molecule has 1 fully saturated rings. The predicted octanol–water partition coefficient (Wildman–Crippen LogP) is 1.05. The zero-order chi connectivity index (χ0) is 20.2. The molecule has 7 nitrogen and oxygen atoms in total. The summed E-state index contributed by atoms with van der Waals surface area (Å²) in [6.45, 7) is 4.17. The molecule has 1 aromatic carbocycles. The third-order valence-electron chi connectivity index (χ3n) is 5.65. The molecule has 0 unspecified atom stereocenters. The van der Waals surface area contributed by atoms with Crippen molar-refractivity contribution < 1.29 is 9.53 Å². The number of hydrogen-bond acceptors (Lipinski definition) is 5. The van der Waals surface area contributed by atoms with Crippen molar-refractivity contribution in [2.75, 3.05) is 39.4 Å². The summed E-state index contributed by atoms with van der Waals surface area (Å²) in [5.41, 5.74) is 3.40. The molecular formula is C22H24N4O3. The Morgan fingerprint density at radius 1 is 1.14 bits per heavy atom. The highest BCUT2D eigenvalue weighted by Crippen LogP contribution is 2.24. The summed E-state index contributed by atoms with van der Waals surface area (Å²) < 4.78 is 5.35. The van der Waals surface area contributed by atoms with E-state index in [1.54, 1.807) is 0 Å². The molecule has 0 spiro atoms. The van der Waals surface area contributed by atoms with E-state index >= 15 is 0 Å². The molecule has 2 aliphatic heterocycles. The van der Waals surface area contributed by atoms with Crippen molar-refractivity contribution in [1.82, 2.24) is 14.8 Å². The van der Waals surface area contributed by atoms with Gasteiger partial charge in [0.15, 0.2) is 0 Å². The van der Waals surface area contributed by atoms with Crippen molar-refractivity contribution >= 4 is 5.91 Å². The summed E-state index contributed by atoms with van der Waals surface area (Å²) >= 11 is 0. The van der Waals surface area contributed by atoms with Crippen LogP contribution in [0.1, 0.15) is 27.9 Å². The fraction of sp³-hybridized carbons (Fsp3) is 0.409. The van der Waals surface area contributed by atoms with Gasteiger partial charge >= 0.3 is 0 Å². The first-order valence-corrected chi connectivity index (χ1v) is 9.94. The maximum Gasteiger partial charge on any atom is 0.266 e. The van der Waals surface area contributed by atoms with E-state index in [-0.39, 0.29) is 17.0 Å². The minimum atomic E-state index is -0.342. The summed E-state index contributed by atoms with van der Waals surface area (Å²) in [6, 6.07) is 11.9. The Bertz CT molecular complexity index is 988. The summed E-state index contributed by atoms with van der Waals surface area (Å²) in [6.07, 6.45) is 1.09. The number of carbonyl (C=O) groups is 1. The number of nitriles is 1. The van der Waals surface area contributed by atoms with Crippen molar-refractivity contribution in [3.8, 4) is 6.07 Å². The van der Waals surface area contributed by atoms with E-state index < -0.39 is 0 Å². The summed E-state index contributed by atoms with van der Waals surface area (Å²) in [5, 5.41) is 9.48. The van der Waals surface area contributed by atoms with Crippen LogP contribution in [0.3, 0.4) is 0 Å². The van der Waals surface area contributed by atoms with E-state index in [9.17, 15) is 14.9 Å². The second kappa shape index (κ2) is 8.60. The van der Waals surface area contributed by atoms with Crippen molar-refractivity contribution in [3.05, 3.63) is 68.6 Å². The first-order valence-electron chi connectivity index (χ1n) is 9.94. The molecule has 4 rings (SSSR count). The van der Waals surface area contributed by atoms with Gasteiger partial charge in [0, 0.05) is 38.3 Å². The number of hydrogen-bond donors (Lipinski definition) is 1. The highest BCUT2D eigenvalue weighted by atomic mass is 16.5. The summed E-state index contributed by atoms with van der Waals surface area (Å²) in [5.74, 6) is 0.0768. The van der Waals surface area contributed by atoms with Crippen LogP contribution in [0.15, 0.2) is 35.1 Å². The van der Waals surface area contributed by atoms with Gasteiger partial charge in [-0.1, -0.05) is 30.3 Å². The van der Waals surface area contributed by atoms with Gasteiger partial charge in [-0.3, -0.25) is 14.5 Å². The molecule has 1 N–H and O–H groups in total. The number of H-pyrrole nitrogens is 1. The Hall–Kier alpha value is -2.95. The standard InChI is InChI=1S/C22H24N4O3/c23-13-18-17-6-7-26(21(27)15-25-8-10-29-11-9-25)14-19(17)20(24-22(18)28)12-16-4-2-1-3-5-16/h1-5H,6-12,14-15H2,(H,24,28). The SMILES string of the molecule is N#Cc1c2c(c(Cc3ccccc3)[nH]c1=O)CN(C(=O)CN1CCOCC1)CC2. The van der Waals surface area contributed by atoms with Gasteiger partial charge in [-0.25, -0.2) is 0 Å². The minimum absolute atomic E-state index is 0.0768. The smallest absolute Gasteiger partial charge is 0.266 e. The van der Waals surface area contributed by atoms with Crippen molar-refractivity contribution in [3.63, 3.8) is 0 Å². The van der Waals surface area contributed by atoms with Crippen LogP contribution in [-0.2, 0) is 28.9 Å². The largest absolute Gasteiger partial charge is 0.379 e. The molecule has 29 heavy (non-hydrogen) atoms. The number of morpholine rings is 1. The van der Waals surface area contributed by atoms with Gasteiger partial charge in [0.1, 0.15) is 11.6 Å². The van der Waals surface area contributed by atoms with E-state index in [1.165, 1.54) is 0 Å². The average Bonchev–Trinajstić information content (AvgIpc) is 2.75. The normalized spacial score (nSPS) is 16.9. The van der Waals surface area contributed by atoms with Crippen LogP contribution < -0.4 is 5.56 Å². The molecule has 0 atom stereocenters. The van der Waals surface area contributed by atoms with Gasteiger partial charge in [0.25, 0.3) is 5.56 Å². The Kier molecular flexibility index (Phi) is 5.74. The van der Waals surface area contributed by atoms with Crippen molar-refractivity contribution in [2.45, 2.75) is 19.4 Å². The molecule has 7 heteroatoms. The molecule has 0 bridgehead atoms. The van der Waals surface area contributed by atoms with Gasteiger partial charge in [-0.05, 0) is 23.1 Å². The zero-order valence-corrected chi connectivity index (χ0v) is 16.3. The molecule has 0 radical (unpaired) electrons. The van der Waals surface area contributed by atoms with Crippen LogP contribution in [0.2, 0.25) is 0 Å². The van der Waals surface area contributed by atoms with E-state index in [0.717, 1.165) is 35.5 Å². The Balaban J connectivity index is 1.60. The third kappa shape index (κ3) is 4.24. The molecule has 2 aromatic rings. The zero-order valence-electron chi connectivity index (χ0n) is 16.3. The highest BCUT2D eigenvalue weighted by Gasteiger charge is 2.28. The first kappa shape index (κ1) is 19.4. The third-order valence-corrected chi connectivity index (χ3v) is 5.65. The van der Waals surface area contributed by atoms with Crippen molar-refractivity contribution in [1.29, 1.82) is 5.26 Å². The van der Waals surface area contributed by atoms with Gasteiger partial charge < -0.3 is 14.6 Å². The van der Waals surface area contributed by atoms with E-state index in [2.05, 4.69) is 16.0 Å². The summed E-state index contributed by atoms with van der Waals surface area (Å²) in [4.78, 5) is 32.2. The lowest BCUT2D eigenvalue weighted by atomic mass is 9.92. The van der Waals surface area contributed by atoms with Crippen LogP contribution in [0.4, 0.5) is 0 Å². The number of fused-ring (bicyclic) bond motifs is 1. The number of nitrogens with zero attached hydrogens (tertiary/aromatic N) is 3. The molecule has 2 aliphatic rings. The predicted molar refractivity (Wildman–Crippen MR) is 107 cm³/mol. The molecule has 1 saturated heterocycles. The van der Waals surface area contributed by atoms with Crippen molar-refractivity contribution in [2.24, 2.45) is 0 Å². The number of carbonyl (C=O) groups excluding carboxylic acids is 1. The van der Waals surface area contributed by atoms with E-state index in [4.69, 9.17) is 4.74 Å². The van der Waals surface area contributed by atoms with Crippen LogP contribution in [0.25, 0.3) is 0 Å². The average molecular weight is 392 g/mol. The first-order chi connectivity index (χ1) is 14.2. The lowest BCUT2D eigenvalue weighted by molar-refractivity contribution is -0.134. The molecule has 1 aromatic heterocycles. The van der Waals surface area contributed by atoms with Gasteiger partial charge in [0.2, 0.25) is 5.91 Å². The number of pyridine rings is 1. The van der Waals surface area contributed by atoms with Crippen LogP contribution in [0, 0.1) is 11.3 Å². The minimum Gasteiger partial charge on any atom is -0.379 e.